The maximum Gasteiger partial charge on any atom is 0.250 e. The van der Waals surface area contributed by atoms with Gasteiger partial charge in [0.1, 0.15) is 6.61 Å². The summed E-state index contributed by atoms with van der Waals surface area (Å²) in [6, 6.07) is 7.78. The van der Waals surface area contributed by atoms with Gasteiger partial charge in [-0.25, -0.2) is 0 Å². The van der Waals surface area contributed by atoms with Gasteiger partial charge >= 0.3 is 0 Å². The van der Waals surface area contributed by atoms with Crippen LogP contribution in [0.4, 0.5) is 5.69 Å². The normalized spacial score (nSPS) is 22.5. The first kappa shape index (κ1) is 15.3. The van der Waals surface area contributed by atoms with Gasteiger partial charge in [0.05, 0.1) is 16.8 Å². The van der Waals surface area contributed by atoms with Crippen molar-refractivity contribution in [3.63, 3.8) is 0 Å². The Morgan fingerprint density at radius 2 is 2.00 bits per heavy atom. The van der Waals surface area contributed by atoms with Gasteiger partial charge in [0.2, 0.25) is 5.91 Å². The third-order valence-corrected chi connectivity index (χ3v) is 4.01. The average Bonchev–Trinajstić information content (AvgIpc) is 2.48. The van der Waals surface area contributed by atoms with Crippen molar-refractivity contribution in [2.24, 2.45) is 0 Å². The van der Waals surface area contributed by atoms with Crippen LogP contribution in [0.25, 0.3) is 0 Å². The predicted octanol–water partition coefficient (Wildman–Crippen LogP) is 2.83. The van der Waals surface area contributed by atoms with E-state index in [2.05, 4.69) is 10.6 Å². The molecule has 0 heterocycles. The summed E-state index contributed by atoms with van der Waals surface area (Å²) in [4.78, 5) is 11.8. The van der Waals surface area contributed by atoms with Crippen molar-refractivity contribution >= 4 is 23.2 Å². The van der Waals surface area contributed by atoms with Crippen LogP contribution in [0.3, 0.4) is 0 Å². The largest absolute Gasteiger partial charge is 0.368 e. The number of rotatable bonds is 5. The molecule has 0 radical (unpaired) electrons. The number of ether oxygens (including phenoxy) is 1. The van der Waals surface area contributed by atoms with Crippen LogP contribution in [0.15, 0.2) is 24.3 Å². The van der Waals surface area contributed by atoms with Crippen LogP contribution < -0.4 is 10.6 Å². The van der Waals surface area contributed by atoms with E-state index in [9.17, 15) is 4.79 Å². The number of carbonyl (C=O) groups is 1. The number of carbonyl (C=O) groups excluding carboxylic acids is 1. The lowest BCUT2D eigenvalue weighted by Crippen LogP contribution is -2.34. The highest BCUT2D eigenvalue weighted by molar-refractivity contribution is 6.33. The van der Waals surface area contributed by atoms with Crippen molar-refractivity contribution in [2.45, 2.75) is 37.8 Å². The minimum atomic E-state index is -0.158. The van der Waals surface area contributed by atoms with E-state index in [1.165, 1.54) is 0 Å². The highest BCUT2D eigenvalue weighted by Crippen LogP contribution is 2.22. The lowest BCUT2D eigenvalue weighted by atomic mass is 9.93. The van der Waals surface area contributed by atoms with Crippen LogP contribution in [0.5, 0.6) is 0 Å². The molecule has 0 bridgehead atoms. The molecule has 2 N–H and O–H groups in total. The maximum atomic E-state index is 11.8. The number of hydrogen-bond donors (Lipinski definition) is 2. The fourth-order valence-electron chi connectivity index (χ4n) is 2.46. The number of nitrogens with one attached hydrogen (secondary N) is 2. The quantitative estimate of drug-likeness (QED) is 0.878. The van der Waals surface area contributed by atoms with E-state index in [0.29, 0.717) is 16.8 Å². The van der Waals surface area contributed by atoms with Crippen LogP contribution in [-0.4, -0.2) is 31.7 Å². The van der Waals surface area contributed by atoms with Gasteiger partial charge in [0.15, 0.2) is 0 Å². The van der Waals surface area contributed by atoms with Crippen LogP contribution in [0.2, 0.25) is 5.02 Å². The molecule has 0 spiro atoms. The minimum absolute atomic E-state index is 0.0834. The van der Waals surface area contributed by atoms with Crippen molar-refractivity contribution in [2.75, 3.05) is 19.0 Å². The highest BCUT2D eigenvalue weighted by atomic mass is 35.5. The number of hydrogen-bond acceptors (Lipinski definition) is 3. The first-order valence-electron chi connectivity index (χ1n) is 7.02. The molecule has 1 saturated carbocycles. The second-order valence-corrected chi connectivity index (χ2v) is 5.51. The van der Waals surface area contributed by atoms with E-state index in [1.54, 1.807) is 12.1 Å². The van der Waals surface area contributed by atoms with Gasteiger partial charge in [-0.3, -0.25) is 4.79 Å². The maximum absolute atomic E-state index is 11.8. The number of anilines is 1. The van der Waals surface area contributed by atoms with Crippen LogP contribution in [0, 0.1) is 0 Å². The third kappa shape index (κ3) is 4.47. The summed E-state index contributed by atoms with van der Waals surface area (Å²) in [7, 11) is 1.99. The standard InChI is InChI=1S/C15H21ClN2O2/c1-17-11-6-8-12(9-7-11)20-10-15(19)18-14-5-3-2-4-13(14)16/h2-5,11-12,17H,6-10H2,1H3,(H,18,19). The molecule has 1 fully saturated rings. The van der Waals surface area contributed by atoms with Crippen LogP contribution in [0.1, 0.15) is 25.7 Å². The molecule has 2 rings (SSSR count). The Balaban J connectivity index is 1.72. The van der Waals surface area contributed by atoms with Gasteiger partial charge < -0.3 is 15.4 Å². The summed E-state index contributed by atoms with van der Waals surface area (Å²) in [6.45, 7) is 0.0834. The number of amides is 1. The summed E-state index contributed by atoms with van der Waals surface area (Å²) in [5.74, 6) is -0.158. The molecule has 1 aliphatic carbocycles. The summed E-state index contributed by atoms with van der Waals surface area (Å²) < 4.78 is 5.67. The Morgan fingerprint density at radius 3 is 2.65 bits per heavy atom. The number of benzene rings is 1. The molecule has 0 unspecified atom stereocenters. The van der Waals surface area contributed by atoms with Crippen molar-refractivity contribution in [1.82, 2.24) is 5.32 Å². The summed E-state index contributed by atoms with van der Waals surface area (Å²) >= 11 is 5.99. The van der Waals surface area contributed by atoms with E-state index in [0.717, 1.165) is 25.7 Å². The molecule has 110 valence electrons. The predicted molar refractivity (Wildman–Crippen MR) is 81.1 cm³/mol. The monoisotopic (exact) mass is 296 g/mol. The molecule has 5 heteroatoms. The van der Waals surface area contributed by atoms with E-state index >= 15 is 0 Å². The van der Waals surface area contributed by atoms with Gasteiger partial charge in [-0.1, -0.05) is 23.7 Å². The molecule has 0 aliphatic heterocycles. The van der Waals surface area contributed by atoms with Gasteiger partial charge in [-0.2, -0.15) is 0 Å². The number of para-hydroxylation sites is 1. The molecule has 1 amide bonds. The molecule has 4 nitrogen and oxygen atoms in total. The molecule has 20 heavy (non-hydrogen) atoms. The van der Waals surface area contributed by atoms with E-state index < -0.39 is 0 Å². The Hall–Kier alpha value is -1.10. The van der Waals surface area contributed by atoms with Gasteiger partial charge in [0.25, 0.3) is 0 Å². The van der Waals surface area contributed by atoms with Crippen molar-refractivity contribution in [3.05, 3.63) is 29.3 Å². The van der Waals surface area contributed by atoms with Gasteiger partial charge in [0, 0.05) is 6.04 Å². The smallest absolute Gasteiger partial charge is 0.250 e. The zero-order valence-electron chi connectivity index (χ0n) is 11.7. The molecule has 0 atom stereocenters. The summed E-state index contributed by atoms with van der Waals surface area (Å²) in [5, 5.41) is 6.58. The zero-order valence-corrected chi connectivity index (χ0v) is 12.5. The van der Waals surface area contributed by atoms with Crippen molar-refractivity contribution in [1.29, 1.82) is 0 Å². The van der Waals surface area contributed by atoms with Gasteiger partial charge in [-0.05, 0) is 44.9 Å². The first-order valence-corrected chi connectivity index (χ1v) is 7.40. The lowest BCUT2D eigenvalue weighted by Gasteiger charge is -2.28. The fourth-order valence-corrected chi connectivity index (χ4v) is 2.64. The van der Waals surface area contributed by atoms with E-state index in [1.807, 2.05) is 19.2 Å². The Labute approximate surface area is 124 Å². The fraction of sp³-hybridized carbons (Fsp3) is 0.533. The second-order valence-electron chi connectivity index (χ2n) is 5.10. The van der Waals surface area contributed by atoms with E-state index in [4.69, 9.17) is 16.3 Å². The Morgan fingerprint density at radius 1 is 1.30 bits per heavy atom. The summed E-state index contributed by atoms with van der Waals surface area (Å²) in [5.41, 5.74) is 0.627. The molecular weight excluding hydrogens is 276 g/mol. The Kier molecular flexibility index (Phi) is 5.83. The highest BCUT2D eigenvalue weighted by Gasteiger charge is 2.21. The molecule has 1 aromatic carbocycles. The second kappa shape index (κ2) is 7.62. The van der Waals surface area contributed by atoms with Crippen LogP contribution in [-0.2, 0) is 9.53 Å². The molecule has 0 saturated heterocycles. The van der Waals surface area contributed by atoms with Crippen molar-refractivity contribution < 1.29 is 9.53 Å². The SMILES string of the molecule is CNC1CCC(OCC(=O)Nc2ccccc2Cl)CC1. The summed E-state index contributed by atoms with van der Waals surface area (Å²) in [6.07, 6.45) is 4.41. The Bertz CT molecular complexity index is 445. The topological polar surface area (TPSA) is 50.4 Å². The lowest BCUT2D eigenvalue weighted by molar-refractivity contribution is -0.123. The zero-order chi connectivity index (χ0) is 14.4. The average molecular weight is 297 g/mol. The third-order valence-electron chi connectivity index (χ3n) is 3.68. The molecular formula is C15H21ClN2O2. The molecule has 0 aromatic heterocycles. The minimum Gasteiger partial charge on any atom is -0.368 e. The molecule has 1 aliphatic rings. The van der Waals surface area contributed by atoms with Crippen molar-refractivity contribution in [3.8, 4) is 0 Å². The van der Waals surface area contributed by atoms with Crippen LogP contribution >= 0.6 is 11.6 Å². The first-order chi connectivity index (χ1) is 9.69. The molecule has 1 aromatic rings. The van der Waals surface area contributed by atoms with Gasteiger partial charge in [-0.15, -0.1) is 0 Å². The van der Waals surface area contributed by atoms with E-state index in [-0.39, 0.29) is 18.6 Å². The number of halogens is 1.